The maximum Gasteiger partial charge on any atom is 0.273 e. The lowest BCUT2D eigenvalue weighted by atomic mass is 10.1. The zero-order valence-electron chi connectivity index (χ0n) is 12.4. The highest BCUT2D eigenvalue weighted by atomic mass is 16.5. The minimum absolute atomic E-state index is 0.108. The number of rotatable bonds is 4. The average Bonchev–Trinajstić information content (AvgIpc) is 3.01. The van der Waals surface area contributed by atoms with Crippen molar-refractivity contribution in [1.82, 2.24) is 15.4 Å². The fourth-order valence-electron chi connectivity index (χ4n) is 2.81. The van der Waals surface area contributed by atoms with Crippen LogP contribution in [-0.2, 0) is 0 Å². The SMILES string of the molecule is CC(C)N1C[C@H](C)[C@H](NC(=O)c2cc(C3CC3)on2)C1. The summed E-state index contributed by atoms with van der Waals surface area (Å²) in [6.45, 7) is 8.52. The van der Waals surface area contributed by atoms with Gasteiger partial charge in [0.15, 0.2) is 5.69 Å². The van der Waals surface area contributed by atoms with Gasteiger partial charge in [-0.05, 0) is 32.6 Å². The molecule has 0 radical (unpaired) electrons. The fourth-order valence-corrected chi connectivity index (χ4v) is 2.81. The maximum atomic E-state index is 12.2. The number of likely N-dealkylation sites (tertiary alicyclic amines) is 1. The quantitative estimate of drug-likeness (QED) is 0.914. The summed E-state index contributed by atoms with van der Waals surface area (Å²) in [5, 5.41) is 7.00. The Morgan fingerprint density at radius 3 is 2.80 bits per heavy atom. The van der Waals surface area contributed by atoms with Gasteiger partial charge in [-0.2, -0.15) is 0 Å². The highest BCUT2D eigenvalue weighted by molar-refractivity contribution is 5.92. The van der Waals surface area contributed by atoms with Gasteiger partial charge >= 0.3 is 0 Å². The van der Waals surface area contributed by atoms with E-state index < -0.39 is 0 Å². The van der Waals surface area contributed by atoms with Gasteiger partial charge in [-0.1, -0.05) is 12.1 Å². The second kappa shape index (κ2) is 5.20. The van der Waals surface area contributed by atoms with Gasteiger partial charge in [0.25, 0.3) is 5.91 Å². The third kappa shape index (κ3) is 2.73. The summed E-state index contributed by atoms with van der Waals surface area (Å²) in [7, 11) is 0. The summed E-state index contributed by atoms with van der Waals surface area (Å²) in [6.07, 6.45) is 2.30. The van der Waals surface area contributed by atoms with Crippen molar-refractivity contribution in [3.8, 4) is 0 Å². The standard InChI is InChI=1S/C15H23N3O2/c1-9(2)18-7-10(3)13(8-18)16-15(19)12-6-14(20-17-12)11-4-5-11/h6,9-11,13H,4-5,7-8H2,1-3H3,(H,16,19)/t10-,13+/m0/s1. The van der Waals surface area contributed by atoms with Crippen molar-refractivity contribution in [3.05, 3.63) is 17.5 Å². The van der Waals surface area contributed by atoms with E-state index in [1.165, 1.54) is 0 Å². The van der Waals surface area contributed by atoms with Crippen LogP contribution in [-0.4, -0.2) is 41.1 Å². The Morgan fingerprint density at radius 1 is 1.45 bits per heavy atom. The number of aromatic nitrogens is 1. The largest absolute Gasteiger partial charge is 0.360 e. The summed E-state index contributed by atoms with van der Waals surface area (Å²) in [5.74, 6) is 1.71. The molecule has 1 aliphatic carbocycles. The Hall–Kier alpha value is -1.36. The Balaban J connectivity index is 1.60. The van der Waals surface area contributed by atoms with Crippen LogP contribution >= 0.6 is 0 Å². The van der Waals surface area contributed by atoms with Crippen molar-refractivity contribution in [2.24, 2.45) is 5.92 Å². The molecule has 5 heteroatoms. The maximum absolute atomic E-state index is 12.2. The lowest BCUT2D eigenvalue weighted by Gasteiger charge is -2.20. The van der Waals surface area contributed by atoms with Gasteiger partial charge in [0.1, 0.15) is 5.76 Å². The molecule has 110 valence electrons. The molecule has 1 N–H and O–H groups in total. The molecule has 20 heavy (non-hydrogen) atoms. The Morgan fingerprint density at radius 2 is 2.20 bits per heavy atom. The van der Waals surface area contributed by atoms with E-state index in [4.69, 9.17) is 4.52 Å². The van der Waals surface area contributed by atoms with E-state index in [1.807, 2.05) is 0 Å². The van der Waals surface area contributed by atoms with Crippen LogP contribution in [0.1, 0.15) is 55.8 Å². The molecule has 2 fully saturated rings. The van der Waals surface area contributed by atoms with Gasteiger partial charge in [0, 0.05) is 37.2 Å². The van der Waals surface area contributed by atoms with Crippen molar-refractivity contribution in [1.29, 1.82) is 0 Å². The van der Waals surface area contributed by atoms with Crippen LogP contribution < -0.4 is 5.32 Å². The highest BCUT2D eigenvalue weighted by Crippen LogP contribution is 2.40. The van der Waals surface area contributed by atoms with Gasteiger partial charge in [-0.25, -0.2) is 0 Å². The molecule has 0 spiro atoms. The molecular formula is C15H23N3O2. The molecule has 0 bridgehead atoms. The number of nitrogens with one attached hydrogen (secondary N) is 1. The number of nitrogens with zero attached hydrogens (tertiary/aromatic N) is 2. The van der Waals surface area contributed by atoms with Crippen molar-refractivity contribution in [3.63, 3.8) is 0 Å². The molecule has 5 nitrogen and oxygen atoms in total. The topological polar surface area (TPSA) is 58.4 Å². The Bertz CT molecular complexity index is 493. The first-order chi connectivity index (χ1) is 9.54. The molecule has 2 atom stereocenters. The van der Waals surface area contributed by atoms with Gasteiger partial charge in [0.05, 0.1) is 0 Å². The van der Waals surface area contributed by atoms with Gasteiger partial charge in [-0.3, -0.25) is 9.69 Å². The zero-order chi connectivity index (χ0) is 14.3. The molecular weight excluding hydrogens is 254 g/mol. The van der Waals surface area contributed by atoms with Crippen molar-refractivity contribution >= 4 is 5.91 Å². The third-order valence-electron chi connectivity index (χ3n) is 4.43. The lowest BCUT2D eigenvalue weighted by molar-refractivity contribution is 0.0921. The Kier molecular flexibility index (Phi) is 3.54. The smallest absolute Gasteiger partial charge is 0.273 e. The van der Waals surface area contributed by atoms with Crippen LogP contribution in [0.2, 0.25) is 0 Å². The minimum atomic E-state index is -0.108. The van der Waals surface area contributed by atoms with E-state index in [1.54, 1.807) is 6.07 Å². The molecule has 0 unspecified atom stereocenters. The molecule has 2 aliphatic rings. The van der Waals surface area contributed by atoms with Crippen molar-refractivity contribution in [2.45, 2.75) is 51.6 Å². The van der Waals surface area contributed by atoms with E-state index in [2.05, 4.69) is 36.1 Å². The van der Waals surface area contributed by atoms with Crippen LogP contribution in [0.15, 0.2) is 10.6 Å². The molecule has 1 amide bonds. The van der Waals surface area contributed by atoms with Gasteiger partial charge in [0.2, 0.25) is 0 Å². The van der Waals surface area contributed by atoms with Gasteiger partial charge < -0.3 is 9.84 Å². The summed E-state index contributed by atoms with van der Waals surface area (Å²) < 4.78 is 5.24. The number of carbonyl (C=O) groups excluding carboxylic acids is 1. The van der Waals surface area contributed by atoms with E-state index >= 15 is 0 Å². The van der Waals surface area contributed by atoms with Crippen molar-refractivity contribution < 1.29 is 9.32 Å². The molecule has 1 aliphatic heterocycles. The van der Waals surface area contributed by atoms with Crippen LogP contribution in [0.4, 0.5) is 0 Å². The number of amides is 1. The first kappa shape index (κ1) is 13.6. The second-order valence-electron chi connectivity index (χ2n) is 6.49. The molecule has 3 rings (SSSR count). The Labute approximate surface area is 119 Å². The third-order valence-corrected chi connectivity index (χ3v) is 4.43. The summed E-state index contributed by atoms with van der Waals surface area (Å²) in [4.78, 5) is 14.6. The van der Waals surface area contributed by atoms with Crippen LogP contribution in [0.25, 0.3) is 0 Å². The predicted molar refractivity (Wildman–Crippen MR) is 75.6 cm³/mol. The second-order valence-corrected chi connectivity index (χ2v) is 6.49. The number of hydrogen-bond donors (Lipinski definition) is 1. The summed E-state index contributed by atoms with van der Waals surface area (Å²) >= 11 is 0. The molecule has 2 heterocycles. The van der Waals surface area contributed by atoms with Crippen LogP contribution in [0.3, 0.4) is 0 Å². The molecule has 1 aromatic heterocycles. The molecule has 0 aromatic carbocycles. The van der Waals surface area contributed by atoms with Gasteiger partial charge in [-0.15, -0.1) is 0 Å². The van der Waals surface area contributed by atoms with E-state index in [0.29, 0.717) is 23.6 Å². The number of carbonyl (C=O) groups is 1. The molecule has 1 saturated heterocycles. The first-order valence-corrected chi connectivity index (χ1v) is 7.56. The predicted octanol–water partition coefficient (Wildman–Crippen LogP) is 2.01. The monoisotopic (exact) mass is 277 g/mol. The highest BCUT2D eigenvalue weighted by Gasteiger charge is 2.33. The molecule has 1 aromatic rings. The summed E-state index contributed by atoms with van der Waals surface area (Å²) in [5.41, 5.74) is 0.419. The van der Waals surface area contributed by atoms with Crippen LogP contribution in [0.5, 0.6) is 0 Å². The van der Waals surface area contributed by atoms with Crippen molar-refractivity contribution in [2.75, 3.05) is 13.1 Å². The minimum Gasteiger partial charge on any atom is -0.360 e. The number of hydrogen-bond acceptors (Lipinski definition) is 4. The molecule has 1 saturated carbocycles. The van der Waals surface area contributed by atoms with E-state index in [0.717, 1.165) is 31.7 Å². The zero-order valence-corrected chi connectivity index (χ0v) is 12.4. The fraction of sp³-hybridized carbons (Fsp3) is 0.733. The lowest BCUT2D eigenvalue weighted by Crippen LogP contribution is -2.40. The first-order valence-electron chi connectivity index (χ1n) is 7.56. The van der Waals surface area contributed by atoms with Crippen LogP contribution in [0, 0.1) is 5.92 Å². The van der Waals surface area contributed by atoms with E-state index in [9.17, 15) is 4.79 Å². The van der Waals surface area contributed by atoms with E-state index in [-0.39, 0.29) is 11.9 Å². The normalized spacial score (nSPS) is 27.2. The average molecular weight is 277 g/mol. The summed E-state index contributed by atoms with van der Waals surface area (Å²) in [6, 6.07) is 2.52.